The number of hydrogen-bond donors (Lipinski definition) is 2. The molecule has 1 amide bonds. The topological polar surface area (TPSA) is 50.4 Å². The second kappa shape index (κ2) is 4.24. The van der Waals surface area contributed by atoms with Crippen molar-refractivity contribution in [2.45, 2.75) is 45.3 Å². The molecule has 92 valence electrons. The van der Waals surface area contributed by atoms with Crippen molar-refractivity contribution in [3.8, 4) is 0 Å². The maximum atomic E-state index is 11.5. The van der Waals surface area contributed by atoms with E-state index in [1.54, 1.807) is 0 Å². The van der Waals surface area contributed by atoms with Gasteiger partial charge in [0.25, 0.3) is 0 Å². The van der Waals surface area contributed by atoms with E-state index in [1.807, 2.05) is 20.8 Å². The van der Waals surface area contributed by atoms with Crippen molar-refractivity contribution in [2.24, 2.45) is 11.8 Å². The van der Waals surface area contributed by atoms with Gasteiger partial charge in [0.15, 0.2) is 0 Å². The van der Waals surface area contributed by atoms with E-state index in [4.69, 9.17) is 4.74 Å². The van der Waals surface area contributed by atoms with Crippen molar-refractivity contribution in [1.82, 2.24) is 10.6 Å². The summed E-state index contributed by atoms with van der Waals surface area (Å²) in [6, 6.07) is 0.690. The molecule has 2 rings (SSSR count). The molecule has 1 saturated heterocycles. The molecule has 2 N–H and O–H groups in total. The Kier molecular flexibility index (Phi) is 3.10. The monoisotopic (exact) mass is 226 g/mol. The number of piperidine rings is 1. The number of rotatable bonds is 2. The molecule has 1 heterocycles. The maximum Gasteiger partial charge on any atom is 0.407 e. The number of nitrogens with one attached hydrogen (secondary N) is 2. The predicted molar refractivity (Wildman–Crippen MR) is 62.2 cm³/mol. The molecule has 3 atom stereocenters. The van der Waals surface area contributed by atoms with Crippen molar-refractivity contribution in [3.05, 3.63) is 0 Å². The van der Waals surface area contributed by atoms with E-state index in [2.05, 4.69) is 10.6 Å². The molecule has 2 bridgehead atoms. The van der Waals surface area contributed by atoms with Gasteiger partial charge >= 0.3 is 6.09 Å². The minimum atomic E-state index is -0.402. The predicted octanol–water partition coefficient (Wildman–Crippen LogP) is 1.51. The van der Waals surface area contributed by atoms with Crippen molar-refractivity contribution >= 4 is 6.09 Å². The first-order chi connectivity index (χ1) is 7.44. The lowest BCUT2D eigenvalue weighted by molar-refractivity contribution is 0.0514. The molecule has 0 aromatic carbocycles. The van der Waals surface area contributed by atoms with Crippen LogP contribution in [0.5, 0.6) is 0 Å². The lowest BCUT2D eigenvalue weighted by Gasteiger charge is -2.24. The minimum absolute atomic E-state index is 0.289. The summed E-state index contributed by atoms with van der Waals surface area (Å²) in [5.74, 6) is 1.39. The van der Waals surface area contributed by atoms with Crippen LogP contribution in [-0.4, -0.2) is 30.8 Å². The molecule has 0 spiro atoms. The fraction of sp³-hybridized carbons (Fsp3) is 0.917. The average molecular weight is 226 g/mol. The van der Waals surface area contributed by atoms with E-state index in [0.717, 1.165) is 19.0 Å². The third-order valence-corrected chi connectivity index (χ3v) is 3.42. The third kappa shape index (κ3) is 2.88. The molecule has 1 aliphatic carbocycles. The Bertz CT molecular complexity index is 273. The lowest BCUT2D eigenvalue weighted by Crippen LogP contribution is -2.39. The van der Waals surface area contributed by atoms with Crippen molar-refractivity contribution < 1.29 is 9.53 Å². The highest BCUT2D eigenvalue weighted by atomic mass is 16.6. The minimum Gasteiger partial charge on any atom is -0.444 e. The molecule has 1 aliphatic heterocycles. The molecule has 16 heavy (non-hydrogen) atoms. The number of carbonyl (C=O) groups is 1. The van der Waals surface area contributed by atoms with Gasteiger partial charge in [-0.3, -0.25) is 0 Å². The van der Waals surface area contributed by atoms with E-state index in [-0.39, 0.29) is 6.09 Å². The normalized spacial score (nSPS) is 32.8. The summed E-state index contributed by atoms with van der Waals surface area (Å²) in [6.07, 6.45) is 2.18. The quantitative estimate of drug-likeness (QED) is 0.750. The zero-order chi connectivity index (χ0) is 11.8. The molecular formula is C12H22N2O2. The standard InChI is InChI=1S/C12H22N2O2/c1-12(2,3)16-11(15)14-7-9-5-10-4-8(9)6-13-10/h8-10,13H,4-7H2,1-3H3,(H,14,15)/t8-,9-,10-/m0/s1. The summed E-state index contributed by atoms with van der Waals surface area (Å²) < 4.78 is 5.21. The number of fused-ring (bicyclic) bond motifs is 2. The second-order valence-corrected chi connectivity index (χ2v) is 5.98. The van der Waals surface area contributed by atoms with E-state index in [9.17, 15) is 4.79 Å². The van der Waals surface area contributed by atoms with Gasteiger partial charge in [-0.05, 0) is 52.0 Å². The van der Waals surface area contributed by atoms with Gasteiger partial charge in [-0.15, -0.1) is 0 Å². The van der Waals surface area contributed by atoms with Crippen molar-refractivity contribution in [1.29, 1.82) is 0 Å². The van der Waals surface area contributed by atoms with E-state index >= 15 is 0 Å². The van der Waals surface area contributed by atoms with Crippen LogP contribution in [-0.2, 0) is 4.74 Å². The van der Waals surface area contributed by atoms with Gasteiger partial charge in [0, 0.05) is 12.6 Å². The van der Waals surface area contributed by atoms with Crippen molar-refractivity contribution in [2.75, 3.05) is 13.1 Å². The first-order valence-electron chi connectivity index (χ1n) is 6.14. The molecule has 4 nitrogen and oxygen atoms in total. The maximum absolute atomic E-state index is 11.5. The summed E-state index contributed by atoms with van der Waals surface area (Å²) in [7, 11) is 0. The van der Waals surface area contributed by atoms with E-state index in [1.165, 1.54) is 12.8 Å². The average Bonchev–Trinajstić information content (AvgIpc) is 2.72. The Hall–Kier alpha value is -0.770. The molecule has 2 aliphatic rings. The Morgan fingerprint density at radius 1 is 1.44 bits per heavy atom. The largest absolute Gasteiger partial charge is 0.444 e. The highest BCUT2D eigenvalue weighted by Gasteiger charge is 2.39. The summed E-state index contributed by atoms with van der Waals surface area (Å²) in [5.41, 5.74) is -0.402. The Morgan fingerprint density at radius 2 is 2.19 bits per heavy atom. The van der Waals surface area contributed by atoms with Crippen LogP contribution in [0.2, 0.25) is 0 Å². The molecule has 1 saturated carbocycles. The van der Waals surface area contributed by atoms with Gasteiger partial charge in [0.05, 0.1) is 0 Å². The van der Waals surface area contributed by atoms with Crippen LogP contribution in [0.15, 0.2) is 0 Å². The molecule has 4 heteroatoms. The van der Waals surface area contributed by atoms with Crippen LogP contribution in [0.25, 0.3) is 0 Å². The van der Waals surface area contributed by atoms with Gasteiger partial charge < -0.3 is 15.4 Å². The molecule has 0 unspecified atom stereocenters. The molecule has 0 radical (unpaired) electrons. The summed E-state index contributed by atoms with van der Waals surface area (Å²) >= 11 is 0. The number of amides is 1. The van der Waals surface area contributed by atoms with E-state index < -0.39 is 5.60 Å². The van der Waals surface area contributed by atoms with Crippen molar-refractivity contribution in [3.63, 3.8) is 0 Å². The molecule has 2 fully saturated rings. The van der Waals surface area contributed by atoms with Crippen LogP contribution in [0.1, 0.15) is 33.6 Å². The molecule has 0 aromatic heterocycles. The summed E-state index contributed by atoms with van der Waals surface area (Å²) in [5, 5.41) is 6.34. The highest BCUT2D eigenvalue weighted by molar-refractivity contribution is 5.67. The van der Waals surface area contributed by atoms with E-state index in [0.29, 0.717) is 12.0 Å². The van der Waals surface area contributed by atoms with Gasteiger partial charge in [0.1, 0.15) is 5.60 Å². The Morgan fingerprint density at radius 3 is 2.69 bits per heavy atom. The summed E-state index contributed by atoms with van der Waals surface area (Å²) in [4.78, 5) is 11.5. The smallest absolute Gasteiger partial charge is 0.407 e. The number of ether oxygens (including phenoxy) is 1. The third-order valence-electron chi connectivity index (χ3n) is 3.42. The number of hydrogen-bond acceptors (Lipinski definition) is 3. The second-order valence-electron chi connectivity index (χ2n) is 5.98. The Labute approximate surface area is 97.1 Å². The first-order valence-corrected chi connectivity index (χ1v) is 6.14. The van der Waals surface area contributed by atoms with Crippen LogP contribution in [0.3, 0.4) is 0 Å². The first kappa shape index (κ1) is 11.7. The SMILES string of the molecule is CC(C)(C)OC(=O)NC[C@@H]1C[C@@H]2C[C@H]1CN2. The number of carbonyl (C=O) groups excluding carboxylic acids is 1. The fourth-order valence-electron chi connectivity index (χ4n) is 2.73. The van der Waals surface area contributed by atoms with Gasteiger partial charge in [0.2, 0.25) is 0 Å². The Balaban J connectivity index is 1.70. The zero-order valence-electron chi connectivity index (χ0n) is 10.4. The molecular weight excluding hydrogens is 204 g/mol. The number of alkyl carbamates (subject to hydrolysis) is 1. The summed E-state index contributed by atoms with van der Waals surface area (Å²) in [6.45, 7) is 7.53. The van der Waals surface area contributed by atoms with Crippen LogP contribution < -0.4 is 10.6 Å². The zero-order valence-corrected chi connectivity index (χ0v) is 10.4. The fourth-order valence-corrected chi connectivity index (χ4v) is 2.73. The molecule has 0 aromatic rings. The lowest BCUT2D eigenvalue weighted by atomic mass is 9.95. The van der Waals surface area contributed by atoms with Gasteiger partial charge in [-0.1, -0.05) is 0 Å². The van der Waals surface area contributed by atoms with Gasteiger partial charge in [-0.2, -0.15) is 0 Å². The van der Waals surface area contributed by atoms with Gasteiger partial charge in [-0.25, -0.2) is 4.79 Å². The van der Waals surface area contributed by atoms with Crippen LogP contribution in [0, 0.1) is 11.8 Å². The highest BCUT2D eigenvalue weighted by Crippen LogP contribution is 2.35. The van der Waals surface area contributed by atoms with Crippen LogP contribution in [0.4, 0.5) is 4.79 Å². The van der Waals surface area contributed by atoms with Crippen LogP contribution >= 0.6 is 0 Å².